The van der Waals surface area contributed by atoms with Crippen molar-refractivity contribution in [2.75, 3.05) is 13.7 Å². The molecular formula is C21H26N4O3S. The van der Waals surface area contributed by atoms with Gasteiger partial charge >= 0.3 is 6.09 Å². The number of ether oxygens (including phenoxy) is 2. The van der Waals surface area contributed by atoms with Crippen LogP contribution >= 0.6 is 11.3 Å². The second-order valence-electron chi connectivity index (χ2n) is 7.70. The SMILES string of the molecule is CNC(=O)Oc1cc(-c2ccc(OC[C@@](C)(N)CC(C)C)c3ncsc23)ccn1. The third-order valence-corrected chi connectivity index (χ3v) is 5.19. The largest absolute Gasteiger partial charge is 0.489 e. The molecule has 1 amide bonds. The number of rotatable bonds is 7. The first-order chi connectivity index (χ1) is 13.8. The fourth-order valence-corrected chi connectivity index (χ4v) is 4.12. The van der Waals surface area contributed by atoms with Crippen LogP contribution in [0.25, 0.3) is 21.3 Å². The molecule has 0 saturated carbocycles. The first kappa shape index (κ1) is 21.0. The number of carbonyl (C=O) groups is 1. The first-order valence-electron chi connectivity index (χ1n) is 9.43. The zero-order valence-electron chi connectivity index (χ0n) is 17.1. The quantitative estimate of drug-likeness (QED) is 0.600. The normalized spacial score (nSPS) is 13.3. The standard InChI is InChI=1S/C21H26N4O3S/c1-13(2)10-21(3,22)11-27-16-6-5-15(19-18(16)25-12-29-19)14-7-8-24-17(9-14)28-20(26)23-4/h5-9,12-13H,10-11,22H2,1-4H3,(H,23,26)/t21-/m0/s1. The molecule has 0 spiro atoms. The van der Waals surface area contributed by atoms with Crippen LogP contribution in [0, 0.1) is 5.92 Å². The number of amides is 1. The molecule has 3 aromatic rings. The van der Waals surface area contributed by atoms with E-state index < -0.39 is 11.6 Å². The van der Waals surface area contributed by atoms with Crippen molar-refractivity contribution in [1.82, 2.24) is 15.3 Å². The van der Waals surface area contributed by atoms with Gasteiger partial charge in [0.15, 0.2) is 0 Å². The highest BCUT2D eigenvalue weighted by Gasteiger charge is 2.22. The second-order valence-corrected chi connectivity index (χ2v) is 8.56. The van der Waals surface area contributed by atoms with Gasteiger partial charge in [-0.15, -0.1) is 11.3 Å². The summed E-state index contributed by atoms with van der Waals surface area (Å²) in [7, 11) is 1.50. The number of fused-ring (bicyclic) bond motifs is 1. The van der Waals surface area contributed by atoms with Crippen LogP contribution in [-0.2, 0) is 0 Å². The zero-order valence-corrected chi connectivity index (χ0v) is 17.9. The number of benzene rings is 1. The summed E-state index contributed by atoms with van der Waals surface area (Å²) in [6.45, 7) is 6.71. The van der Waals surface area contributed by atoms with Crippen molar-refractivity contribution in [3.05, 3.63) is 36.0 Å². The Morgan fingerprint density at radius 2 is 2.10 bits per heavy atom. The highest BCUT2D eigenvalue weighted by atomic mass is 32.1. The lowest BCUT2D eigenvalue weighted by atomic mass is 9.93. The molecule has 0 aliphatic heterocycles. The molecule has 0 aliphatic carbocycles. The van der Waals surface area contributed by atoms with Crippen LogP contribution in [0.3, 0.4) is 0 Å². The zero-order chi connectivity index (χ0) is 21.0. The Morgan fingerprint density at radius 1 is 1.31 bits per heavy atom. The van der Waals surface area contributed by atoms with Gasteiger partial charge in [0.2, 0.25) is 5.88 Å². The average Bonchev–Trinajstić information content (AvgIpc) is 3.15. The van der Waals surface area contributed by atoms with E-state index in [1.54, 1.807) is 17.8 Å². The van der Waals surface area contributed by atoms with Crippen LogP contribution in [-0.4, -0.2) is 35.3 Å². The summed E-state index contributed by atoms with van der Waals surface area (Å²) < 4.78 is 12.2. The van der Waals surface area contributed by atoms with Crippen LogP contribution < -0.4 is 20.5 Å². The van der Waals surface area contributed by atoms with Crippen molar-refractivity contribution in [2.24, 2.45) is 11.7 Å². The molecule has 0 fully saturated rings. The summed E-state index contributed by atoms with van der Waals surface area (Å²) in [4.78, 5) is 20.0. The van der Waals surface area contributed by atoms with Gasteiger partial charge < -0.3 is 20.5 Å². The minimum atomic E-state index is -0.562. The minimum absolute atomic E-state index is 0.229. The summed E-state index contributed by atoms with van der Waals surface area (Å²) >= 11 is 1.53. The molecule has 0 radical (unpaired) electrons. The molecule has 1 atom stereocenters. The molecule has 2 aromatic heterocycles. The van der Waals surface area contributed by atoms with E-state index in [1.165, 1.54) is 18.4 Å². The lowest BCUT2D eigenvalue weighted by Crippen LogP contribution is -2.43. The maximum absolute atomic E-state index is 11.5. The molecular weight excluding hydrogens is 388 g/mol. The Balaban J connectivity index is 1.88. The van der Waals surface area contributed by atoms with Gasteiger partial charge in [0, 0.05) is 30.4 Å². The number of carbonyl (C=O) groups excluding carboxylic acids is 1. The van der Waals surface area contributed by atoms with E-state index >= 15 is 0 Å². The molecule has 0 bridgehead atoms. The molecule has 8 heteroatoms. The fourth-order valence-electron chi connectivity index (χ4n) is 3.28. The number of nitrogens with two attached hydrogens (primary N) is 1. The molecule has 154 valence electrons. The molecule has 0 unspecified atom stereocenters. The van der Waals surface area contributed by atoms with Crippen LogP contribution in [0.15, 0.2) is 36.0 Å². The van der Waals surface area contributed by atoms with E-state index in [-0.39, 0.29) is 5.88 Å². The van der Waals surface area contributed by atoms with Gasteiger partial charge in [-0.2, -0.15) is 0 Å². The molecule has 3 rings (SSSR count). The van der Waals surface area contributed by atoms with Gasteiger partial charge in [-0.3, -0.25) is 0 Å². The van der Waals surface area contributed by atoms with Crippen molar-refractivity contribution in [1.29, 1.82) is 0 Å². The van der Waals surface area contributed by atoms with Crippen LogP contribution in [0.2, 0.25) is 0 Å². The molecule has 0 saturated heterocycles. The van der Waals surface area contributed by atoms with Gasteiger partial charge in [-0.25, -0.2) is 14.8 Å². The summed E-state index contributed by atoms with van der Waals surface area (Å²) in [6.07, 6.45) is 1.92. The van der Waals surface area contributed by atoms with Gasteiger partial charge in [0.05, 0.1) is 10.2 Å². The predicted octanol–water partition coefficient (Wildman–Crippen LogP) is 4.22. The number of hydrogen-bond donors (Lipinski definition) is 2. The average molecular weight is 415 g/mol. The van der Waals surface area contributed by atoms with Gasteiger partial charge in [0.25, 0.3) is 0 Å². The molecule has 0 aliphatic rings. The maximum atomic E-state index is 11.5. The molecule has 2 heterocycles. The Kier molecular flexibility index (Phi) is 6.34. The Hall–Kier alpha value is -2.71. The molecule has 1 aromatic carbocycles. The molecule has 29 heavy (non-hydrogen) atoms. The lowest BCUT2D eigenvalue weighted by molar-refractivity contribution is 0.201. The van der Waals surface area contributed by atoms with E-state index in [0.717, 1.165) is 27.8 Å². The Morgan fingerprint density at radius 3 is 2.83 bits per heavy atom. The Bertz CT molecular complexity index is 1000. The van der Waals surface area contributed by atoms with E-state index in [4.69, 9.17) is 15.2 Å². The van der Waals surface area contributed by atoms with Crippen LogP contribution in [0.5, 0.6) is 11.6 Å². The molecule has 7 nitrogen and oxygen atoms in total. The maximum Gasteiger partial charge on any atom is 0.413 e. The van der Waals surface area contributed by atoms with E-state index in [1.807, 2.05) is 25.1 Å². The number of thiazole rings is 1. The first-order valence-corrected chi connectivity index (χ1v) is 10.3. The third-order valence-electron chi connectivity index (χ3n) is 4.33. The third kappa shape index (κ3) is 5.21. The highest BCUT2D eigenvalue weighted by molar-refractivity contribution is 7.17. The summed E-state index contributed by atoms with van der Waals surface area (Å²) in [5.74, 6) is 1.43. The second kappa shape index (κ2) is 8.75. The van der Waals surface area contributed by atoms with Crippen molar-refractivity contribution >= 4 is 27.6 Å². The molecule has 3 N–H and O–H groups in total. The summed E-state index contributed by atoms with van der Waals surface area (Å²) in [6, 6.07) is 7.48. The lowest BCUT2D eigenvalue weighted by Gasteiger charge is -2.26. The van der Waals surface area contributed by atoms with Crippen molar-refractivity contribution in [2.45, 2.75) is 32.7 Å². The Labute approximate surface area is 174 Å². The minimum Gasteiger partial charge on any atom is -0.489 e. The van der Waals surface area contributed by atoms with Crippen molar-refractivity contribution in [3.63, 3.8) is 0 Å². The van der Waals surface area contributed by atoms with Crippen LogP contribution in [0.1, 0.15) is 27.2 Å². The van der Waals surface area contributed by atoms with Crippen molar-refractivity contribution < 1.29 is 14.3 Å². The topological polar surface area (TPSA) is 99.4 Å². The van der Waals surface area contributed by atoms with Gasteiger partial charge in [0.1, 0.15) is 17.9 Å². The predicted molar refractivity (Wildman–Crippen MR) is 115 cm³/mol. The smallest absolute Gasteiger partial charge is 0.413 e. The van der Waals surface area contributed by atoms with Crippen molar-refractivity contribution in [3.8, 4) is 22.8 Å². The fraction of sp³-hybridized carbons (Fsp3) is 0.381. The summed E-state index contributed by atoms with van der Waals surface area (Å²) in [5.41, 5.74) is 10.4. The number of nitrogens with one attached hydrogen (secondary N) is 1. The van der Waals surface area contributed by atoms with E-state index in [9.17, 15) is 4.79 Å². The van der Waals surface area contributed by atoms with Crippen LogP contribution in [0.4, 0.5) is 4.79 Å². The number of aromatic nitrogens is 2. The summed E-state index contributed by atoms with van der Waals surface area (Å²) in [5, 5.41) is 2.41. The highest BCUT2D eigenvalue weighted by Crippen LogP contribution is 2.37. The number of hydrogen-bond acceptors (Lipinski definition) is 7. The van der Waals surface area contributed by atoms with Gasteiger partial charge in [-0.1, -0.05) is 13.8 Å². The number of nitrogens with zero attached hydrogens (tertiary/aromatic N) is 2. The van der Waals surface area contributed by atoms with E-state index in [0.29, 0.717) is 18.3 Å². The monoisotopic (exact) mass is 414 g/mol. The number of pyridine rings is 1. The van der Waals surface area contributed by atoms with Gasteiger partial charge in [-0.05, 0) is 43.0 Å². The van der Waals surface area contributed by atoms with E-state index in [2.05, 4.69) is 29.1 Å².